The van der Waals surface area contributed by atoms with Crippen molar-refractivity contribution in [2.45, 2.75) is 32.2 Å². The lowest BCUT2D eigenvalue weighted by atomic mass is 10.1. The maximum atomic E-state index is 12.3. The normalized spacial score (nSPS) is 11.1. The van der Waals surface area contributed by atoms with Gasteiger partial charge in [0.25, 0.3) is 0 Å². The van der Waals surface area contributed by atoms with E-state index in [0.29, 0.717) is 29.4 Å². The van der Waals surface area contributed by atoms with Crippen LogP contribution < -0.4 is 18.8 Å². The predicted molar refractivity (Wildman–Crippen MR) is 146 cm³/mol. The Balaban J connectivity index is 1.44. The molecule has 1 aromatic heterocycles. The van der Waals surface area contributed by atoms with Crippen molar-refractivity contribution in [1.29, 1.82) is 0 Å². The minimum Gasteiger partial charge on any atom is -0.504 e. The van der Waals surface area contributed by atoms with Crippen molar-refractivity contribution in [2.75, 3.05) is 20.8 Å². The molecule has 0 spiro atoms. The largest absolute Gasteiger partial charge is 0.504 e. The Hall–Kier alpha value is -4.39. The molecule has 0 saturated heterocycles. The SMILES string of the molecule is COc1cc(/C=C/C(=O)CC(=O)/C=C/c2ccc(OCCCCC[n+]3ccccc3)c(OC)c2)ccc1O. The molecule has 0 aliphatic heterocycles. The molecule has 2 aromatic carbocycles. The molecule has 198 valence electrons. The first-order chi connectivity index (χ1) is 18.5. The van der Waals surface area contributed by atoms with Crippen LogP contribution in [0.3, 0.4) is 0 Å². The molecule has 1 N–H and O–H groups in total. The molecule has 0 unspecified atom stereocenters. The van der Waals surface area contributed by atoms with Gasteiger partial charge in [-0.2, -0.15) is 0 Å². The fourth-order valence-electron chi connectivity index (χ4n) is 3.71. The van der Waals surface area contributed by atoms with Crippen LogP contribution in [-0.4, -0.2) is 37.5 Å². The predicted octanol–water partition coefficient (Wildman–Crippen LogP) is 5.20. The minimum atomic E-state index is -0.324. The topological polar surface area (TPSA) is 85.9 Å². The first kappa shape index (κ1) is 28.2. The smallest absolute Gasteiger partial charge is 0.168 e. The molecule has 0 amide bonds. The second-order valence-corrected chi connectivity index (χ2v) is 8.64. The molecule has 3 aromatic rings. The molecule has 7 heteroatoms. The highest BCUT2D eigenvalue weighted by Gasteiger charge is 2.08. The lowest BCUT2D eigenvalue weighted by Crippen LogP contribution is -2.32. The Labute approximate surface area is 223 Å². The summed E-state index contributed by atoms with van der Waals surface area (Å²) in [7, 11) is 3.02. The van der Waals surface area contributed by atoms with Crippen LogP contribution in [0.5, 0.6) is 23.0 Å². The molecule has 0 bridgehead atoms. The zero-order chi connectivity index (χ0) is 27.2. The third-order valence-corrected chi connectivity index (χ3v) is 5.76. The van der Waals surface area contributed by atoms with Crippen LogP contribution in [0.2, 0.25) is 0 Å². The Bertz CT molecular complexity index is 1270. The molecule has 0 fully saturated rings. The molecule has 0 aliphatic rings. The number of allylic oxidation sites excluding steroid dienone is 2. The van der Waals surface area contributed by atoms with Gasteiger partial charge in [-0.25, -0.2) is 4.57 Å². The van der Waals surface area contributed by atoms with Gasteiger partial charge in [-0.1, -0.05) is 30.4 Å². The number of nitrogens with zero attached hydrogens (tertiary/aromatic N) is 1. The zero-order valence-electron chi connectivity index (χ0n) is 21.8. The molecule has 1 heterocycles. The van der Waals surface area contributed by atoms with E-state index in [-0.39, 0.29) is 23.7 Å². The highest BCUT2D eigenvalue weighted by molar-refractivity contribution is 6.10. The van der Waals surface area contributed by atoms with Crippen LogP contribution in [0.4, 0.5) is 0 Å². The summed E-state index contributed by atoms with van der Waals surface area (Å²) in [5, 5.41) is 9.65. The van der Waals surface area contributed by atoms with E-state index in [1.165, 1.54) is 25.3 Å². The minimum absolute atomic E-state index is 0.0151. The highest BCUT2D eigenvalue weighted by atomic mass is 16.5. The van der Waals surface area contributed by atoms with E-state index in [0.717, 1.165) is 31.4 Å². The summed E-state index contributed by atoms with van der Waals surface area (Å²) in [6, 6.07) is 16.3. The number of carbonyl (C=O) groups excluding carboxylic acids is 2. The number of hydrogen-bond acceptors (Lipinski definition) is 6. The highest BCUT2D eigenvalue weighted by Crippen LogP contribution is 2.29. The lowest BCUT2D eigenvalue weighted by molar-refractivity contribution is -0.697. The fourth-order valence-corrected chi connectivity index (χ4v) is 3.71. The lowest BCUT2D eigenvalue weighted by Gasteiger charge is -2.11. The molecule has 0 saturated carbocycles. The van der Waals surface area contributed by atoms with E-state index in [9.17, 15) is 14.7 Å². The van der Waals surface area contributed by atoms with Gasteiger partial charge in [-0.05, 0) is 60.4 Å². The van der Waals surface area contributed by atoms with Crippen LogP contribution >= 0.6 is 0 Å². The molecule has 0 radical (unpaired) electrons. The summed E-state index contributed by atoms with van der Waals surface area (Å²) in [6.45, 7) is 1.58. The van der Waals surface area contributed by atoms with Crippen molar-refractivity contribution < 1.29 is 33.5 Å². The first-order valence-corrected chi connectivity index (χ1v) is 12.5. The number of ketones is 2. The number of rotatable bonds is 15. The van der Waals surface area contributed by atoms with Crippen molar-refractivity contribution in [1.82, 2.24) is 0 Å². The molecular weight excluding hydrogens is 482 g/mol. The number of phenols is 1. The van der Waals surface area contributed by atoms with Crippen LogP contribution in [0.25, 0.3) is 12.2 Å². The number of benzene rings is 2. The molecule has 38 heavy (non-hydrogen) atoms. The molecular formula is C31H34NO6+. The van der Waals surface area contributed by atoms with Crippen LogP contribution in [0.1, 0.15) is 36.8 Å². The van der Waals surface area contributed by atoms with Crippen molar-refractivity contribution in [3.63, 3.8) is 0 Å². The Morgan fingerprint density at radius 3 is 2.08 bits per heavy atom. The van der Waals surface area contributed by atoms with Crippen molar-refractivity contribution in [3.8, 4) is 23.0 Å². The molecule has 7 nitrogen and oxygen atoms in total. The molecule has 3 rings (SSSR count). The molecule has 0 atom stereocenters. The van der Waals surface area contributed by atoms with Gasteiger partial charge in [0.05, 0.1) is 27.2 Å². The second-order valence-electron chi connectivity index (χ2n) is 8.64. The van der Waals surface area contributed by atoms with E-state index in [1.54, 1.807) is 37.5 Å². The van der Waals surface area contributed by atoms with E-state index in [1.807, 2.05) is 30.3 Å². The zero-order valence-corrected chi connectivity index (χ0v) is 21.8. The number of aryl methyl sites for hydroxylation is 1. The maximum Gasteiger partial charge on any atom is 0.168 e. The quantitative estimate of drug-likeness (QED) is 0.129. The van der Waals surface area contributed by atoms with Gasteiger partial charge in [0.2, 0.25) is 0 Å². The summed E-state index contributed by atoms with van der Waals surface area (Å²) in [4.78, 5) is 24.5. The Morgan fingerprint density at radius 1 is 0.789 bits per heavy atom. The molecule has 0 aliphatic carbocycles. The van der Waals surface area contributed by atoms with Crippen molar-refractivity contribution in [2.24, 2.45) is 0 Å². The van der Waals surface area contributed by atoms with Gasteiger partial charge >= 0.3 is 0 Å². The Morgan fingerprint density at radius 2 is 1.42 bits per heavy atom. The first-order valence-electron chi connectivity index (χ1n) is 12.5. The van der Waals surface area contributed by atoms with Gasteiger partial charge in [0.1, 0.15) is 6.54 Å². The summed E-state index contributed by atoms with van der Waals surface area (Å²) in [5.74, 6) is 0.929. The number of aromatic hydroxyl groups is 1. The van der Waals surface area contributed by atoms with E-state index in [4.69, 9.17) is 14.2 Å². The monoisotopic (exact) mass is 516 g/mol. The average Bonchev–Trinajstić information content (AvgIpc) is 2.94. The van der Waals surface area contributed by atoms with Gasteiger partial charge < -0.3 is 19.3 Å². The number of hydrogen-bond donors (Lipinski definition) is 1. The van der Waals surface area contributed by atoms with Crippen LogP contribution in [0, 0.1) is 0 Å². The van der Waals surface area contributed by atoms with E-state index >= 15 is 0 Å². The standard InChI is InChI=1S/C31H33NO6/c1-36-30-21-24(11-15-28(30)35)9-13-26(33)23-27(34)14-10-25-12-16-29(31(22-25)37-2)38-20-8-4-7-19-32-17-5-3-6-18-32/h3,5-6,9-18,21-22H,4,7-8,19-20,23H2,1-2H3/p+1/b14-10+. The number of carbonyl (C=O) groups is 2. The number of phenolic OH excluding ortho intramolecular Hbond substituents is 1. The van der Waals surface area contributed by atoms with Gasteiger partial charge in [-0.15, -0.1) is 0 Å². The number of methoxy groups -OCH3 is 2. The number of pyridine rings is 1. The van der Waals surface area contributed by atoms with E-state index < -0.39 is 0 Å². The Kier molecular flexibility index (Phi) is 11.1. The average molecular weight is 517 g/mol. The van der Waals surface area contributed by atoms with Gasteiger partial charge in [0.15, 0.2) is 47.0 Å². The maximum absolute atomic E-state index is 12.3. The van der Waals surface area contributed by atoms with Crippen LogP contribution in [0.15, 0.2) is 79.1 Å². The van der Waals surface area contributed by atoms with Gasteiger partial charge in [-0.3, -0.25) is 9.59 Å². The summed E-state index contributed by atoms with van der Waals surface area (Å²) in [5.41, 5.74) is 1.44. The number of unbranched alkanes of at least 4 members (excludes halogenated alkanes) is 2. The second kappa shape index (κ2) is 15.0. The van der Waals surface area contributed by atoms with E-state index in [2.05, 4.69) is 17.0 Å². The van der Waals surface area contributed by atoms with Crippen molar-refractivity contribution in [3.05, 3.63) is 90.3 Å². The van der Waals surface area contributed by atoms with Gasteiger partial charge in [0, 0.05) is 18.6 Å². The third kappa shape index (κ3) is 9.24. The number of aromatic nitrogens is 1. The summed E-state index contributed by atoms with van der Waals surface area (Å²) in [6.07, 6.45) is 12.9. The van der Waals surface area contributed by atoms with Crippen LogP contribution in [-0.2, 0) is 16.1 Å². The summed E-state index contributed by atoms with van der Waals surface area (Å²) < 4.78 is 18.6. The number of ether oxygens (including phenoxy) is 3. The van der Waals surface area contributed by atoms with Crippen molar-refractivity contribution >= 4 is 23.7 Å². The summed E-state index contributed by atoms with van der Waals surface area (Å²) >= 11 is 0. The third-order valence-electron chi connectivity index (χ3n) is 5.76. The fraction of sp³-hybridized carbons (Fsp3) is 0.258.